The van der Waals surface area contributed by atoms with E-state index in [1.807, 2.05) is 0 Å². The molecule has 1 fully saturated rings. The zero-order valence-corrected chi connectivity index (χ0v) is 12.1. The minimum Gasteiger partial charge on any atom is -0.357 e. The molecule has 0 bridgehead atoms. The number of hydrogen-bond donors (Lipinski definition) is 2. The third-order valence-corrected chi connectivity index (χ3v) is 3.44. The molecule has 0 aromatic carbocycles. The molecule has 2 amide bonds. The first-order valence-electron chi connectivity index (χ1n) is 5.97. The van der Waals surface area contributed by atoms with E-state index in [1.165, 1.54) is 6.20 Å². The van der Waals surface area contributed by atoms with Gasteiger partial charge in [0.2, 0.25) is 5.91 Å². The Balaban J connectivity index is 2.22. The summed E-state index contributed by atoms with van der Waals surface area (Å²) in [6.45, 7) is 1.65. The normalized spacial score (nSPS) is 19.1. The summed E-state index contributed by atoms with van der Waals surface area (Å²) < 4.78 is 0.741. The number of likely N-dealkylation sites (N-methyl/N-ethyl adjacent to an activating group) is 1. The highest BCUT2D eigenvalue weighted by atomic mass is 79.9. The Kier molecular flexibility index (Phi) is 4.49. The van der Waals surface area contributed by atoms with E-state index in [2.05, 4.69) is 31.5 Å². The van der Waals surface area contributed by atoms with Gasteiger partial charge in [0.15, 0.2) is 0 Å². The van der Waals surface area contributed by atoms with Gasteiger partial charge in [0.1, 0.15) is 6.04 Å². The van der Waals surface area contributed by atoms with Gasteiger partial charge in [0.05, 0.1) is 5.56 Å². The van der Waals surface area contributed by atoms with Crippen LogP contribution in [0.5, 0.6) is 0 Å². The fraction of sp³-hybridized carbons (Fsp3) is 0.417. The molecule has 6 nitrogen and oxygen atoms in total. The lowest BCUT2D eigenvalue weighted by Gasteiger charge is -2.34. The molecule has 0 saturated carbocycles. The number of nitrogens with zero attached hydrogens (tertiary/aromatic N) is 2. The molecule has 1 aliphatic heterocycles. The first-order valence-corrected chi connectivity index (χ1v) is 6.76. The minimum absolute atomic E-state index is 0.163. The van der Waals surface area contributed by atoms with Crippen LogP contribution in [0.25, 0.3) is 0 Å². The van der Waals surface area contributed by atoms with Crippen LogP contribution in [0.3, 0.4) is 0 Å². The number of aromatic nitrogens is 1. The van der Waals surface area contributed by atoms with Crippen molar-refractivity contribution in [3.63, 3.8) is 0 Å². The van der Waals surface area contributed by atoms with Crippen molar-refractivity contribution in [2.75, 3.05) is 26.7 Å². The van der Waals surface area contributed by atoms with E-state index in [1.54, 1.807) is 24.2 Å². The highest BCUT2D eigenvalue weighted by Crippen LogP contribution is 2.14. The van der Waals surface area contributed by atoms with Gasteiger partial charge in [-0.25, -0.2) is 0 Å². The average Bonchev–Trinajstić information content (AvgIpc) is 2.45. The summed E-state index contributed by atoms with van der Waals surface area (Å²) in [6.07, 6.45) is 3.13. The quantitative estimate of drug-likeness (QED) is 0.802. The Labute approximate surface area is 119 Å². The molecule has 19 heavy (non-hydrogen) atoms. The topological polar surface area (TPSA) is 74.3 Å². The van der Waals surface area contributed by atoms with Gasteiger partial charge < -0.3 is 15.5 Å². The fourth-order valence-corrected chi connectivity index (χ4v) is 2.41. The van der Waals surface area contributed by atoms with Crippen LogP contribution in [0.15, 0.2) is 22.9 Å². The number of hydrogen-bond acceptors (Lipinski definition) is 4. The number of piperazine rings is 1. The van der Waals surface area contributed by atoms with Crippen molar-refractivity contribution >= 4 is 27.7 Å². The molecule has 0 aliphatic carbocycles. The number of nitrogens with one attached hydrogen (secondary N) is 2. The highest BCUT2D eigenvalue weighted by molar-refractivity contribution is 9.10. The minimum atomic E-state index is -0.481. The Morgan fingerprint density at radius 3 is 3.00 bits per heavy atom. The molecule has 1 saturated heterocycles. The zero-order valence-electron chi connectivity index (χ0n) is 10.5. The Bertz CT molecular complexity index is 494. The lowest BCUT2D eigenvalue weighted by Crippen LogP contribution is -2.59. The molecule has 1 aliphatic rings. The van der Waals surface area contributed by atoms with Crippen molar-refractivity contribution in [2.24, 2.45) is 0 Å². The van der Waals surface area contributed by atoms with Crippen LogP contribution in [0.2, 0.25) is 0 Å². The summed E-state index contributed by atoms with van der Waals surface area (Å²) in [6, 6.07) is 1.23. The van der Waals surface area contributed by atoms with E-state index >= 15 is 0 Å². The maximum atomic E-state index is 12.4. The zero-order chi connectivity index (χ0) is 13.8. The van der Waals surface area contributed by atoms with E-state index in [4.69, 9.17) is 0 Å². The molecular weight excluding hydrogens is 312 g/mol. The van der Waals surface area contributed by atoms with Crippen molar-refractivity contribution in [1.82, 2.24) is 20.5 Å². The average molecular weight is 327 g/mol. The van der Waals surface area contributed by atoms with E-state index in [9.17, 15) is 9.59 Å². The molecular formula is C12H15BrN4O2. The van der Waals surface area contributed by atoms with Gasteiger partial charge in [0.25, 0.3) is 5.91 Å². The third kappa shape index (κ3) is 3.10. The predicted molar refractivity (Wildman–Crippen MR) is 73.7 cm³/mol. The predicted octanol–water partition coefficient (Wildman–Crippen LogP) is 0.00410. The van der Waals surface area contributed by atoms with E-state index in [0.29, 0.717) is 25.2 Å². The monoisotopic (exact) mass is 326 g/mol. The summed E-state index contributed by atoms with van der Waals surface area (Å²) in [7, 11) is 1.57. The largest absolute Gasteiger partial charge is 0.357 e. The molecule has 1 aromatic heterocycles. The molecule has 2 heterocycles. The number of rotatable bonds is 2. The van der Waals surface area contributed by atoms with Crippen LogP contribution in [0, 0.1) is 0 Å². The standard InChI is InChI=1S/C12H15BrN4O2/c1-14-11(18)10-7-15-2-3-17(10)12(19)8-4-9(13)6-16-5-8/h4-6,10,15H,2-3,7H2,1H3,(H,14,18). The van der Waals surface area contributed by atoms with Crippen molar-refractivity contribution in [3.8, 4) is 0 Å². The molecule has 1 atom stereocenters. The van der Waals surface area contributed by atoms with E-state index in [0.717, 1.165) is 4.47 Å². The molecule has 1 unspecified atom stereocenters. The van der Waals surface area contributed by atoms with Crippen LogP contribution in [-0.2, 0) is 4.79 Å². The lowest BCUT2D eigenvalue weighted by molar-refractivity contribution is -0.125. The smallest absolute Gasteiger partial charge is 0.256 e. The second-order valence-corrected chi connectivity index (χ2v) is 5.14. The van der Waals surface area contributed by atoms with Crippen molar-refractivity contribution in [3.05, 3.63) is 28.5 Å². The van der Waals surface area contributed by atoms with Crippen LogP contribution < -0.4 is 10.6 Å². The van der Waals surface area contributed by atoms with E-state index < -0.39 is 6.04 Å². The number of carbonyl (C=O) groups excluding carboxylic acids is 2. The Morgan fingerprint density at radius 2 is 2.32 bits per heavy atom. The number of halogens is 1. The van der Waals surface area contributed by atoms with Crippen molar-refractivity contribution < 1.29 is 9.59 Å². The van der Waals surface area contributed by atoms with Gasteiger partial charge >= 0.3 is 0 Å². The van der Waals surface area contributed by atoms with Crippen molar-refractivity contribution in [1.29, 1.82) is 0 Å². The van der Waals surface area contributed by atoms with Crippen LogP contribution >= 0.6 is 15.9 Å². The third-order valence-electron chi connectivity index (χ3n) is 3.01. The number of carbonyl (C=O) groups is 2. The van der Waals surface area contributed by atoms with Gasteiger partial charge in [-0.15, -0.1) is 0 Å². The summed E-state index contributed by atoms with van der Waals surface area (Å²) in [4.78, 5) is 29.8. The maximum Gasteiger partial charge on any atom is 0.256 e. The Morgan fingerprint density at radius 1 is 1.53 bits per heavy atom. The highest BCUT2D eigenvalue weighted by Gasteiger charge is 2.32. The van der Waals surface area contributed by atoms with Crippen molar-refractivity contribution in [2.45, 2.75) is 6.04 Å². The van der Waals surface area contributed by atoms with Crippen LogP contribution in [0.4, 0.5) is 0 Å². The summed E-state index contributed by atoms with van der Waals surface area (Å²) >= 11 is 3.29. The first kappa shape index (κ1) is 14.0. The van der Waals surface area contributed by atoms with Gasteiger partial charge in [-0.05, 0) is 22.0 Å². The summed E-state index contributed by atoms with van der Waals surface area (Å²) in [5, 5.41) is 5.70. The number of amides is 2. The Hall–Kier alpha value is -1.47. The van der Waals surface area contributed by atoms with Crippen LogP contribution in [-0.4, -0.2) is 54.4 Å². The van der Waals surface area contributed by atoms with E-state index in [-0.39, 0.29) is 11.8 Å². The summed E-state index contributed by atoms with van der Waals surface area (Å²) in [5.41, 5.74) is 0.477. The van der Waals surface area contributed by atoms with Gasteiger partial charge in [-0.1, -0.05) is 0 Å². The second kappa shape index (κ2) is 6.12. The molecule has 0 spiro atoms. The maximum absolute atomic E-state index is 12.4. The number of pyridine rings is 1. The van der Waals surface area contributed by atoms with Crippen LogP contribution in [0.1, 0.15) is 10.4 Å². The molecule has 102 valence electrons. The SMILES string of the molecule is CNC(=O)C1CNCCN1C(=O)c1cncc(Br)c1. The first-order chi connectivity index (χ1) is 9.13. The van der Waals surface area contributed by atoms with Gasteiger partial charge in [-0.3, -0.25) is 14.6 Å². The summed E-state index contributed by atoms with van der Waals surface area (Å²) in [5.74, 6) is -0.340. The molecule has 0 radical (unpaired) electrons. The van der Waals surface area contributed by atoms with Gasteiger partial charge in [-0.2, -0.15) is 0 Å². The second-order valence-electron chi connectivity index (χ2n) is 4.22. The molecule has 2 N–H and O–H groups in total. The molecule has 2 rings (SSSR count). The van der Waals surface area contributed by atoms with Gasteiger partial charge in [0, 0.05) is 43.5 Å². The molecule has 7 heteroatoms. The molecule has 1 aromatic rings. The lowest BCUT2D eigenvalue weighted by atomic mass is 10.1. The fourth-order valence-electron chi connectivity index (χ4n) is 2.04.